The quantitative estimate of drug-likeness (QED) is 0.353. The van der Waals surface area contributed by atoms with Crippen molar-refractivity contribution in [3.8, 4) is 5.75 Å². The Hall–Kier alpha value is -3.91. The van der Waals surface area contributed by atoms with E-state index < -0.39 is 5.91 Å². The lowest BCUT2D eigenvalue weighted by Gasteiger charge is -2.05. The number of hydrogen-bond acceptors (Lipinski definition) is 5. The van der Waals surface area contributed by atoms with Gasteiger partial charge >= 0.3 is 0 Å². The zero-order chi connectivity index (χ0) is 23.4. The molecule has 0 atom stereocenters. The minimum absolute atomic E-state index is 0.0274. The van der Waals surface area contributed by atoms with Gasteiger partial charge in [-0.1, -0.05) is 29.8 Å². The molecule has 0 saturated carbocycles. The van der Waals surface area contributed by atoms with E-state index in [1.165, 1.54) is 29.9 Å². The highest BCUT2D eigenvalue weighted by molar-refractivity contribution is 6.33. The second kappa shape index (κ2) is 9.70. The first-order chi connectivity index (χ1) is 15.9. The van der Waals surface area contributed by atoms with Gasteiger partial charge in [0.1, 0.15) is 29.0 Å². The summed E-state index contributed by atoms with van der Waals surface area (Å²) in [6.45, 7) is 1.76. The molecule has 0 saturated heterocycles. The van der Waals surface area contributed by atoms with E-state index in [0.29, 0.717) is 22.6 Å². The van der Waals surface area contributed by atoms with Crippen LogP contribution >= 0.6 is 11.6 Å². The summed E-state index contributed by atoms with van der Waals surface area (Å²) in [5, 5.41) is 7.01. The minimum atomic E-state index is -0.537. The monoisotopic (exact) mass is 467 g/mol. The first-order valence-electron chi connectivity index (χ1n) is 9.99. The van der Waals surface area contributed by atoms with E-state index in [2.05, 4.69) is 10.4 Å². The molecule has 0 aliphatic heterocycles. The number of halogens is 2. The Balaban J connectivity index is 1.36. The van der Waals surface area contributed by atoms with Gasteiger partial charge in [-0.05, 0) is 49.4 Å². The highest BCUT2D eigenvalue weighted by Gasteiger charge is 2.16. The molecule has 0 bridgehead atoms. The van der Waals surface area contributed by atoms with Gasteiger partial charge in [-0.2, -0.15) is 5.10 Å². The number of aromatic nitrogens is 2. The molecule has 0 fully saturated rings. The largest absolute Gasteiger partial charge is 0.486 e. The summed E-state index contributed by atoms with van der Waals surface area (Å²) in [6.07, 6.45) is 1.50. The third-order valence-electron chi connectivity index (χ3n) is 4.77. The molecule has 4 rings (SSSR count). The Bertz CT molecular complexity index is 1300. The third kappa shape index (κ3) is 5.48. The first kappa shape index (κ1) is 22.3. The van der Waals surface area contributed by atoms with Crippen molar-refractivity contribution in [2.75, 3.05) is 5.32 Å². The van der Waals surface area contributed by atoms with Crippen LogP contribution in [0.25, 0.3) is 0 Å². The fourth-order valence-electron chi connectivity index (χ4n) is 3.05. The molecule has 0 aliphatic carbocycles. The fourth-order valence-corrected chi connectivity index (χ4v) is 3.25. The predicted octanol–water partition coefficient (Wildman–Crippen LogP) is 5.35. The van der Waals surface area contributed by atoms with Crippen molar-refractivity contribution >= 4 is 29.1 Å². The third-order valence-corrected chi connectivity index (χ3v) is 5.04. The van der Waals surface area contributed by atoms with Crippen molar-refractivity contribution in [3.05, 3.63) is 100 Å². The van der Waals surface area contributed by atoms with Gasteiger partial charge in [-0.3, -0.25) is 14.3 Å². The standard InChI is InChI=1S/C24H19ClFN3O4/c1-15(30)16-6-8-18(9-7-16)32-14-19-10-11-22(33-19)24(31)27-23-20(25)13-29(28-23)12-17-4-2-3-5-21(17)26/h2-11,13H,12,14H2,1H3,(H,27,28,31). The van der Waals surface area contributed by atoms with Gasteiger partial charge < -0.3 is 14.5 Å². The highest BCUT2D eigenvalue weighted by atomic mass is 35.5. The number of furan rings is 1. The molecule has 1 N–H and O–H groups in total. The van der Waals surface area contributed by atoms with Crippen LogP contribution in [-0.4, -0.2) is 21.5 Å². The molecule has 9 heteroatoms. The Morgan fingerprint density at radius 3 is 2.61 bits per heavy atom. The normalized spacial score (nSPS) is 10.8. The number of ether oxygens (including phenoxy) is 1. The Kier molecular flexibility index (Phi) is 6.55. The van der Waals surface area contributed by atoms with Crippen molar-refractivity contribution in [1.82, 2.24) is 9.78 Å². The van der Waals surface area contributed by atoms with Gasteiger partial charge in [-0.25, -0.2) is 4.39 Å². The maximum Gasteiger partial charge on any atom is 0.292 e. The lowest BCUT2D eigenvalue weighted by molar-refractivity contribution is 0.0990. The second-order valence-electron chi connectivity index (χ2n) is 7.20. The maximum absolute atomic E-state index is 13.9. The number of anilines is 1. The molecule has 2 aromatic carbocycles. The zero-order valence-electron chi connectivity index (χ0n) is 17.5. The van der Waals surface area contributed by atoms with E-state index in [0.717, 1.165) is 0 Å². The van der Waals surface area contributed by atoms with Crippen molar-refractivity contribution in [2.45, 2.75) is 20.1 Å². The summed E-state index contributed by atoms with van der Waals surface area (Å²) >= 11 is 6.17. The second-order valence-corrected chi connectivity index (χ2v) is 7.61. The van der Waals surface area contributed by atoms with Gasteiger partial charge in [0.15, 0.2) is 17.4 Å². The molecule has 4 aromatic rings. The Morgan fingerprint density at radius 1 is 1.12 bits per heavy atom. The first-order valence-corrected chi connectivity index (χ1v) is 10.4. The van der Waals surface area contributed by atoms with Gasteiger partial charge in [0.05, 0.1) is 6.54 Å². The molecule has 33 heavy (non-hydrogen) atoms. The van der Waals surface area contributed by atoms with E-state index in [1.807, 2.05) is 0 Å². The van der Waals surface area contributed by atoms with Crippen LogP contribution in [0.3, 0.4) is 0 Å². The summed E-state index contributed by atoms with van der Waals surface area (Å²) in [7, 11) is 0. The average Bonchev–Trinajstić information content (AvgIpc) is 3.41. The molecular weight excluding hydrogens is 449 g/mol. The molecule has 0 aliphatic rings. The smallest absolute Gasteiger partial charge is 0.292 e. The molecule has 168 valence electrons. The van der Waals surface area contributed by atoms with Gasteiger partial charge in [0.25, 0.3) is 5.91 Å². The van der Waals surface area contributed by atoms with Gasteiger partial charge in [0.2, 0.25) is 0 Å². The molecule has 2 heterocycles. The summed E-state index contributed by atoms with van der Waals surface area (Å²) < 4.78 is 26.5. The topological polar surface area (TPSA) is 86.4 Å². The Labute approximate surface area is 193 Å². The molecule has 2 aromatic heterocycles. The van der Waals surface area contributed by atoms with Gasteiger partial charge in [-0.15, -0.1) is 0 Å². The SMILES string of the molecule is CC(=O)c1ccc(OCc2ccc(C(=O)Nc3nn(Cc4ccccc4F)cc3Cl)o2)cc1. The van der Waals surface area contributed by atoms with E-state index in [4.69, 9.17) is 20.8 Å². The number of nitrogens with zero attached hydrogens (tertiary/aromatic N) is 2. The van der Waals surface area contributed by atoms with Crippen molar-refractivity contribution in [1.29, 1.82) is 0 Å². The number of rotatable bonds is 8. The molecule has 7 nitrogen and oxygen atoms in total. The van der Waals surface area contributed by atoms with E-state index in [9.17, 15) is 14.0 Å². The number of nitrogens with one attached hydrogen (secondary N) is 1. The van der Waals surface area contributed by atoms with Crippen LogP contribution in [0.5, 0.6) is 5.75 Å². The number of carbonyl (C=O) groups excluding carboxylic acids is 2. The average molecular weight is 468 g/mol. The fraction of sp³-hybridized carbons (Fsp3) is 0.125. The van der Waals surface area contributed by atoms with Crippen LogP contribution in [0.2, 0.25) is 5.02 Å². The number of ketones is 1. The number of carbonyl (C=O) groups is 2. The van der Waals surface area contributed by atoms with Crippen molar-refractivity contribution in [2.24, 2.45) is 0 Å². The van der Waals surface area contributed by atoms with Crippen LogP contribution in [0.15, 0.2) is 71.3 Å². The van der Waals surface area contributed by atoms with Crippen LogP contribution in [0, 0.1) is 5.82 Å². The molecule has 0 radical (unpaired) electrons. The van der Waals surface area contributed by atoms with Crippen LogP contribution in [0.1, 0.15) is 39.2 Å². The van der Waals surface area contributed by atoms with E-state index in [1.54, 1.807) is 48.5 Å². The van der Waals surface area contributed by atoms with Crippen molar-refractivity contribution in [3.63, 3.8) is 0 Å². The summed E-state index contributed by atoms with van der Waals surface area (Å²) in [4.78, 5) is 23.9. The molecule has 0 spiro atoms. The summed E-state index contributed by atoms with van der Waals surface area (Å²) in [5.41, 5.74) is 1.04. The highest BCUT2D eigenvalue weighted by Crippen LogP contribution is 2.22. The zero-order valence-corrected chi connectivity index (χ0v) is 18.3. The molecular formula is C24H19ClFN3O4. The predicted molar refractivity (Wildman–Crippen MR) is 120 cm³/mol. The summed E-state index contributed by atoms with van der Waals surface area (Å²) in [5.74, 6) is 0.278. The van der Waals surface area contributed by atoms with E-state index in [-0.39, 0.29) is 41.4 Å². The van der Waals surface area contributed by atoms with Crippen molar-refractivity contribution < 1.29 is 23.1 Å². The number of benzene rings is 2. The van der Waals surface area contributed by atoms with Crippen LogP contribution in [-0.2, 0) is 13.2 Å². The van der Waals surface area contributed by atoms with Crippen LogP contribution < -0.4 is 10.1 Å². The number of Topliss-reactive ketones (excluding diaryl/α,β-unsaturated/α-hetero) is 1. The van der Waals surface area contributed by atoms with Gasteiger partial charge in [0, 0.05) is 17.3 Å². The lowest BCUT2D eigenvalue weighted by Crippen LogP contribution is -2.12. The van der Waals surface area contributed by atoms with E-state index >= 15 is 0 Å². The number of amides is 1. The minimum Gasteiger partial charge on any atom is -0.486 e. The van der Waals surface area contributed by atoms with Crippen LogP contribution in [0.4, 0.5) is 10.2 Å². The summed E-state index contributed by atoms with van der Waals surface area (Å²) in [6, 6.07) is 16.2. The lowest BCUT2D eigenvalue weighted by atomic mass is 10.1. The molecule has 0 unspecified atom stereocenters. The Morgan fingerprint density at radius 2 is 1.88 bits per heavy atom. The maximum atomic E-state index is 13.9. The molecule has 1 amide bonds. The number of hydrogen-bond donors (Lipinski definition) is 1.